The molecule has 0 saturated heterocycles. The van der Waals surface area contributed by atoms with Crippen molar-refractivity contribution in [3.63, 3.8) is 0 Å². The fraction of sp³-hybridized carbons (Fsp3) is 0.135. The van der Waals surface area contributed by atoms with E-state index in [0.717, 1.165) is 22.3 Å². The van der Waals surface area contributed by atoms with E-state index in [4.69, 9.17) is 33.7 Å². The van der Waals surface area contributed by atoms with Gasteiger partial charge in [-0.15, -0.1) is 0 Å². The zero-order valence-electron chi connectivity index (χ0n) is 24.9. The van der Waals surface area contributed by atoms with Crippen molar-refractivity contribution in [2.24, 2.45) is 5.73 Å². The molecule has 0 heterocycles. The number of ether oxygens (including phenoxy) is 1. The summed E-state index contributed by atoms with van der Waals surface area (Å²) < 4.78 is 20.3. The Hall–Kier alpha value is -4.69. The minimum Gasteiger partial charge on any atom is -0.455 e. The molecule has 0 bridgehead atoms. The molecule has 0 atom stereocenters. The first-order valence-electron chi connectivity index (χ1n) is 14.7. The number of carbonyl (C=O) groups excluding carboxylic acids is 2. The van der Waals surface area contributed by atoms with Crippen LogP contribution in [0.4, 0.5) is 10.1 Å². The quantitative estimate of drug-likeness (QED) is 0.141. The number of carbonyl (C=O) groups is 2. The zero-order chi connectivity index (χ0) is 32.5. The third-order valence-electron chi connectivity index (χ3n) is 7.36. The van der Waals surface area contributed by atoms with Crippen LogP contribution in [-0.4, -0.2) is 11.8 Å². The molecule has 0 unspecified atom stereocenters. The summed E-state index contributed by atoms with van der Waals surface area (Å²) in [5.41, 5.74) is 10.2. The van der Waals surface area contributed by atoms with Gasteiger partial charge in [0.2, 0.25) is 11.8 Å². The molecule has 0 aliphatic rings. The van der Waals surface area contributed by atoms with Crippen LogP contribution in [-0.2, 0) is 29.2 Å². The number of nitrogens with one attached hydrogen (secondary N) is 1. The smallest absolute Gasteiger partial charge is 0.227 e. The van der Waals surface area contributed by atoms with Gasteiger partial charge < -0.3 is 20.7 Å². The van der Waals surface area contributed by atoms with Crippen molar-refractivity contribution in [1.82, 2.24) is 5.32 Å². The van der Waals surface area contributed by atoms with Crippen LogP contribution in [0, 0.1) is 5.82 Å². The van der Waals surface area contributed by atoms with E-state index < -0.39 is 5.82 Å². The van der Waals surface area contributed by atoms with E-state index in [-0.39, 0.29) is 37.7 Å². The SMILES string of the molecule is NCc1cccc(Oc2ccccc2N(Cc2ccc(-c3ccc(Cl)cc3Cl)cc2)C(=O)CCC(=O)NCc2ccccc2F)c1. The van der Waals surface area contributed by atoms with Gasteiger partial charge in [-0.1, -0.05) is 96.0 Å². The van der Waals surface area contributed by atoms with Crippen molar-refractivity contribution in [2.45, 2.75) is 32.5 Å². The summed E-state index contributed by atoms with van der Waals surface area (Å²) in [7, 11) is 0. The van der Waals surface area contributed by atoms with Crippen molar-refractivity contribution in [3.05, 3.63) is 148 Å². The summed E-state index contributed by atoms with van der Waals surface area (Å²) in [5.74, 6) is 0.0163. The predicted octanol–water partition coefficient (Wildman–Crippen LogP) is 8.68. The Labute approximate surface area is 277 Å². The number of nitrogens with two attached hydrogens (primary N) is 1. The molecule has 6 nitrogen and oxygen atoms in total. The van der Waals surface area contributed by atoms with E-state index in [1.807, 2.05) is 66.7 Å². The van der Waals surface area contributed by atoms with E-state index in [2.05, 4.69) is 5.32 Å². The molecule has 5 aromatic carbocycles. The summed E-state index contributed by atoms with van der Waals surface area (Å²) in [5, 5.41) is 3.79. The number of nitrogens with zero attached hydrogens (tertiary/aromatic N) is 1. The number of para-hydroxylation sites is 2. The average molecular weight is 657 g/mol. The van der Waals surface area contributed by atoms with Crippen molar-refractivity contribution in [2.75, 3.05) is 4.90 Å². The molecule has 0 radical (unpaired) electrons. The third-order valence-corrected chi connectivity index (χ3v) is 7.90. The highest BCUT2D eigenvalue weighted by Gasteiger charge is 2.22. The number of hydrogen-bond donors (Lipinski definition) is 2. The van der Waals surface area contributed by atoms with Crippen LogP contribution in [0.2, 0.25) is 10.0 Å². The Morgan fingerprint density at radius 1 is 0.804 bits per heavy atom. The van der Waals surface area contributed by atoms with E-state index in [1.165, 1.54) is 6.07 Å². The van der Waals surface area contributed by atoms with Crippen LogP contribution in [0.5, 0.6) is 11.5 Å². The van der Waals surface area contributed by atoms with Crippen molar-refractivity contribution < 1.29 is 18.7 Å². The van der Waals surface area contributed by atoms with Crippen LogP contribution >= 0.6 is 23.2 Å². The molecule has 0 fully saturated rings. The van der Waals surface area contributed by atoms with Gasteiger partial charge in [-0.3, -0.25) is 9.59 Å². The average Bonchev–Trinajstić information content (AvgIpc) is 3.06. The molecule has 9 heteroatoms. The van der Waals surface area contributed by atoms with Crippen molar-refractivity contribution in [1.29, 1.82) is 0 Å². The highest BCUT2D eigenvalue weighted by Crippen LogP contribution is 2.35. The number of halogens is 3. The molecule has 5 aromatic rings. The lowest BCUT2D eigenvalue weighted by Gasteiger charge is -2.25. The maximum absolute atomic E-state index is 14.0. The number of rotatable bonds is 12. The number of amides is 2. The number of benzene rings is 5. The first-order valence-corrected chi connectivity index (χ1v) is 15.5. The minimum absolute atomic E-state index is 0.0337. The molecule has 0 aromatic heterocycles. The van der Waals surface area contributed by atoms with Gasteiger partial charge in [0.15, 0.2) is 5.75 Å². The summed E-state index contributed by atoms with van der Waals surface area (Å²) in [6.07, 6.45) is -0.141. The molecule has 0 saturated carbocycles. The highest BCUT2D eigenvalue weighted by molar-refractivity contribution is 6.36. The van der Waals surface area contributed by atoms with Gasteiger partial charge in [0.25, 0.3) is 0 Å². The molecule has 3 N–H and O–H groups in total. The predicted molar refractivity (Wildman–Crippen MR) is 181 cm³/mol. The summed E-state index contributed by atoms with van der Waals surface area (Å²) in [6.45, 7) is 0.610. The van der Waals surface area contributed by atoms with Gasteiger partial charge in [0, 0.05) is 47.1 Å². The number of hydrogen-bond acceptors (Lipinski definition) is 4. The first kappa shape index (κ1) is 32.7. The van der Waals surface area contributed by atoms with Crippen LogP contribution < -0.4 is 20.7 Å². The number of anilines is 1. The topological polar surface area (TPSA) is 84.7 Å². The zero-order valence-corrected chi connectivity index (χ0v) is 26.4. The Balaban J connectivity index is 1.37. The molecule has 0 aliphatic carbocycles. The molecule has 46 heavy (non-hydrogen) atoms. The molecule has 5 rings (SSSR count). The molecule has 234 valence electrons. The van der Waals surface area contributed by atoms with Gasteiger partial charge in [-0.05, 0) is 59.2 Å². The lowest BCUT2D eigenvalue weighted by molar-refractivity contribution is -0.125. The lowest BCUT2D eigenvalue weighted by Crippen LogP contribution is -2.32. The van der Waals surface area contributed by atoms with Crippen molar-refractivity contribution in [3.8, 4) is 22.6 Å². The van der Waals surface area contributed by atoms with Crippen LogP contribution in [0.1, 0.15) is 29.5 Å². The maximum atomic E-state index is 14.0. The standard InChI is InChI=1S/C37H32Cl2FN3O3/c38-29-16-17-31(32(39)21-29)27-14-12-25(13-15-27)24-43(37(45)19-18-36(44)42-23-28-7-1-2-9-33(28)40)34-10-3-4-11-35(34)46-30-8-5-6-26(20-30)22-41/h1-17,20-21H,18-19,22-24,41H2,(H,42,44). The second-order valence-electron chi connectivity index (χ2n) is 10.6. The van der Waals surface area contributed by atoms with Gasteiger partial charge in [-0.25, -0.2) is 4.39 Å². The fourth-order valence-electron chi connectivity index (χ4n) is 4.91. The first-order chi connectivity index (χ1) is 22.3. The maximum Gasteiger partial charge on any atom is 0.227 e. The van der Waals surface area contributed by atoms with E-state index in [9.17, 15) is 14.0 Å². The molecule has 0 spiro atoms. The van der Waals surface area contributed by atoms with Gasteiger partial charge >= 0.3 is 0 Å². The summed E-state index contributed by atoms with van der Waals surface area (Å²) in [6, 6.07) is 34.0. The summed E-state index contributed by atoms with van der Waals surface area (Å²) >= 11 is 12.5. The van der Waals surface area contributed by atoms with Crippen LogP contribution in [0.15, 0.2) is 115 Å². The Bertz CT molecular complexity index is 1830. The van der Waals surface area contributed by atoms with E-state index in [1.54, 1.807) is 47.4 Å². The molecule has 0 aliphatic heterocycles. The Kier molecular flexibility index (Phi) is 11.0. The van der Waals surface area contributed by atoms with Gasteiger partial charge in [0.1, 0.15) is 11.6 Å². The second kappa shape index (κ2) is 15.5. The largest absolute Gasteiger partial charge is 0.455 e. The second-order valence-corrected chi connectivity index (χ2v) is 11.4. The monoisotopic (exact) mass is 655 g/mol. The molecular weight excluding hydrogens is 624 g/mol. The third kappa shape index (κ3) is 8.52. The lowest BCUT2D eigenvalue weighted by atomic mass is 10.0. The van der Waals surface area contributed by atoms with Gasteiger partial charge in [-0.2, -0.15) is 0 Å². The summed E-state index contributed by atoms with van der Waals surface area (Å²) in [4.78, 5) is 28.1. The highest BCUT2D eigenvalue weighted by atomic mass is 35.5. The van der Waals surface area contributed by atoms with Crippen LogP contribution in [0.25, 0.3) is 11.1 Å². The Morgan fingerprint density at radius 2 is 1.57 bits per heavy atom. The molecule has 2 amide bonds. The van der Waals surface area contributed by atoms with E-state index in [0.29, 0.717) is 39.3 Å². The van der Waals surface area contributed by atoms with E-state index >= 15 is 0 Å². The normalized spacial score (nSPS) is 10.8. The van der Waals surface area contributed by atoms with Gasteiger partial charge in [0.05, 0.1) is 12.2 Å². The Morgan fingerprint density at radius 3 is 2.33 bits per heavy atom. The minimum atomic E-state index is -0.400. The fourth-order valence-corrected chi connectivity index (χ4v) is 5.43. The van der Waals surface area contributed by atoms with Crippen molar-refractivity contribution >= 4 is 40.7 Å². The molecular formula is C37H32Cl2FN3O3. The van der Waals surface area contributed by atoms with Crippen LogP contribution in [0.3, 0.4) is 0 Å².